The van der Waals surface area contributed by atoms with Gasteiger partial charge < -0.3 is 25.3 Å². The molecule has 2 saturated heterocycles. The molecule has 1 aromatic heterocycles. The lowest BCUT2D eigenvalue weighted by Crippen LogP contribution is -2.47. The first kappa shape index (κ1) is 29.9. The number of para-hydroxylation sites is 1. The highest BCUT2D eigenvalue weighted by Crippen LogP contribution is 2.41. The van der Waals surface area contributed by atoms with Crippen LogP contribution in [0.4, 0.5) is 23.3 Å². The Morgan fingerprint density at radius 3 is 2.19 bits per heavy atom. The van der Waals surface area contributed by atoms with Crippen LogP contribution in [0.1, 0.15) is 51.5 Å². The standard InChI is InChI=1S/C34H44ClN7S/c1-25-19-26(2)23-42(22-25)31-21-30(41-17-15-40(16-18-41)29-11-4-3-5-12-29)37-32(38-31)39-33(43)36-24-34(13-6-7-14-34)27-9-8-10-28(35)20-27/h3-5,8-12,20-21,25-26H,6-7,13-19,22-24H2,1-2H3,(H2,36,37,38,39,43). The van der Waals surface area contributed by atoms with E-state index < -0.39 is 0 Å². The largest absolute Gasteiger partial charge is 0.368 e. The number of halogens is 1. The van der Waals surface area contributed by atoms with Crippen LogP contribution < -0.4 is 25.3 Å². The quantitative estimate of drug-likeness (QED) is 0.283. The molecule has 6 rings (SSSR count). The number of benzene rings is 2. The van der Waals surface area contributed by atoms with E-state index in [9.17, 15) is 0 Å². The van der Waals surface area contributed by atoms with E-state index in [1.54, 1.807) is 0 Å². The Morgan fingerprint density at radius 1 is 0.860 bits per heavy atom. The van der Waals surface area contributed by atoms with Gasteiger partial charge in [-0.2, -0.15) is 9.97 Å². The summed E-state index contributed by atoms with van der Waals surface area (Å²) in [5.74, 6) is 3.75. The number of nitrogens with one attached hydrogen (secondary N) is 2. The van der Waals surface area contributed by atoms with Gasteiger partial charge in [0.2, 0.25) is 5.95 Å². The molecule has 3 aliphatic rings. The predicted octanol–water partition coefficient (Wildman–Crippen LogP) is 6.74. The molecule has 0 amide bonds. The average molecular weight is 618 g/mol. The minimum Gasteiger partial charge on any atom is -0.368 e. The molecule has 0 spiro atoms. The SMILES string of the molecule is CC1CC(C)CN(c2cc(N3CCN(c4ccccc4)CC3)nc(NC(=S)NCC3(c4cccc(Cl)c4)CCCC3)n2)C1. The molecule has 228 valence electrons. The normalized spacial score (nSPS) is 22.0. The minimum absolute atomic E-state index is 0.0308. The molecule has 3 heterocycles. The van der Waals surface area contributed by atoms with E-state index in [4.69, 9.17) is 33.8 Å². The highest BCUT2D eigenvalue weighted by atomic mass is 35.5. The summed E-state index contributed by atoms with van der Waals surface area (Å²) >= 11 is 12.2. The first-order valence-electron chi connectivity index (χ1n) is 15.9. The number of hydrogen-bond donors (Lipinski definition) is 2. The Hall–Kier alpha value is -3.10. The van der Waals surface area contributed by atoms with Gasteiger partial charge >= 0.3 is 0 Å². The van der Waals surface area contributed by atoms with Crippen molar-refractivity contribution >= 4 is 52.2 Å². The van der Waals surface area contributed by atoms with Crippen molar-refractivity contribution < 1.29 is 0 Å². The van der Waals surface area contributed by atoms with Gasteiger partial charge in [0.25, 0.3) is 0 Å². The van der Waals surface area contributed by atoms with Crippen LogP contribution in [0.15, 0.2) is 60.7 Å². The van der Waals surface area contributed by atoms with Crippen LogP contribution in [0, 0.1) is 11.8 Å². The zero-order valence-corrected chi connectivity index (χ0v) is 27.0. The van der Waals surface area contributed by atoms with E-state index in [2.05, 4.69) is 93.8 Å². The number of aromatic nitrogens is 2. The average Bonchev–Trinajstić information content (AvgIpc) is 3.50. The van der Waals surface area contributed by atoms with Gasteiger partial charge in [0.05, 0.1) is 0 Å². The molecule has 43 heavy (non-hydrogen) atoms. The van der Waals surface area contributed by atoms with Crippen LogP contribution in [0.2, 0.25) is 5.02 Å². The van der Waals surface area contributed by atoms with Crippen molar-refractivity contribution in [2.24, 2.45) is 11.8 Å². The smallest absolute Gasteiger partial charge is 0.232 e. The van der Waals surface area contributed by atoms with Crippen molar-refractivity contribution in [1.82, 2.24) is 15.3 Å². The highest BCUT2D eigenvalue weighted by molar-refractivity contribution is 7.80. The first-order valence-corrected chi connectivity index (χ1v) is 16.7. The van der Waals surface area contributed by atoms with Crippen LogP contribution >= 0.6 is 23.8 Å². The zero-order chi connectivity index (χ0) is 29.8. The number of hydrogen-bond acceptors (Lipinski definition) is 6. The van der Waals surface area contributed by atoms with Gasteiger partial charge in [-0.05, 0) is 73.1 Å². The number of anilines is 4. The van der Waals surface area contributed by atoms with Crippen LogP contribution in [0.3, 0.4) is 0 Å². The fourth-order valence-corrected chi connectivity index (χ4v) is 7.67. The second-order valence-corrected chi connectivity index (χ2v) is 13.7. The Balaban J connectivity index is 1.19. The van der Waals surface area contributed by atoms with Gasteiger partial charge in [0.1, 0.15) is 11.6 Å². The molecule has 2 aliphatic heterocycles. The van der Waals surface area contributed by atoms with Crippen molar-refractivity contribution in [2.45, 2.75) is 51.4 Å². The fourth-order valence-electron chi connectivity index (χ4n) is 7.32. The Kier molecular flexibility index (Phi) is 9.24. The Labute approximate surface area is 267 Å². The van der Waals surface area contributed by atoms with Crippen molar-refractivity contribution in [3.05, 3.63) is 71.2 Å². The topological polar surface area (TPSA) is 59.6 Å². The molecule has 0 radical (unpaired) electrons. The maximum Gasteiger partial charge on any atom is 0.232 e. The van der Waals surface area contributed by atoms with E-state index in [1.165, 1.54) is 30.5 Å². The van der Waals surface area contributed by atoms with Gasteiger partial charge in [-0.3, -0.25) is 0 Å². The summed E-state index contributed by atoms with van der Waals surface area (Å²) in [5, 5.41) is 8.25. The fraction of sp³-hybridized carbons (Fsp3) is 0.500. The number of rotatable bonds is 7. The lowest BCUT2D eigenvalue weighted by molar-refractivity contribution is 0.355. The lowest BCUT2D eigenvalue weighted by atomic mass is 9.79. The Bertz CT molecular complexity index is 1380. The van der Waals surface area contributed by atoms with Crippen molar-refractivity contribution in [2.75, 3.05) is 65.8 Å². The lowest BCUT2D eigenvalue weighted by Gasteiger charge is -2.38. The highest BCUT2D eigenvalue weighted by Gasteiger charge is 2.36. The van der Waals surface area contributed by atoms with Gasteiger partial charge in [-0.1, -0.05) is 68.6 Å². The number of piperazine rings is 1. The van der Waals surface area contributed by atoms with Crippen LogP contribution in [-0.4, -0.2) is 60.9 Å². The van der Waals surface area contributed by atoms with Crippen molar-refractivity contribution in [3.8, 4) is 0 Å². The molecule has 2 aromatic carbocycles. The van der Waals surface area contributed by atoms with Gasteiger partial charge in [-0.25, -0.2) is 0 Å². The number of thiocarbonyl (C=S) groups is 1. The van der Waals surface area contributed by atoms with Gasteiger partial charge in [0.15, 0.2) is 5.11 Å². The minimum atomic E-state index is 0.0308. The van der Waals surface area contributed by atoms with Crippen LogP contribution in [0.25, 0.3) is 0 Å². The molecule has 2 unspecified atom stereocenters. The van der Waals surface area contributed by atoms with E-state index in [0.29, 0.717) is 22.9 Å². The van der Waals surface area contributed by atoms with E-state index >= 15 is 0 Å². The first-order chi connectivity index (χ1) is 20.9. The third-order valence-corrected chi connectivity index (χ3v) is 9.91. The summed E-state index contributed by atoms with van der Waals surface area (Å²) in [6.45, 7) is 11.2. The molecular weight excluding hydrogens is 574 g/mol. The van der Waals surface area contributed by atoms with E-state index in [0.717, 1.165) is 75.3 Å². The Morgan fingerprint density at radius 2 is 1.51 bits per heavy atom. The number of piperidine rings is 1. The summed E-state index contributed by atoms with van der Waals surface area (Å²) in [6.07, 6.45) is 5.93. The maximum absolute atomic E-state index is 6.38. The molecule has 7 nitrogen and oxygen atoms in total. The van der Waals surface area contributed by atoms with Crippen LogP contribution in [0.5, 0.6) is 0 Å². The second kappa shape index (κ2) is 13.3. The summed E-state index contributed by atoms with van der Waals surface area (Å²) in [6, 6.07) is 21.2. The molecular formula is C34H44ClN7S. The van der Waals surface area contributed by atoms with Gasteiger partial charge in [-0.15, -0.1) is 0 Å². The summed E-state index contributed by atoms with van der Waals surface area (Å²) in [4.78, 5) is 17.3. The molecule has 1 saturated carbocycles. The summed E-state index contributed by atoms with van der Waals surface area (Å²) in [5.41, 5.74) is 2.60. The monoisotopic (exact) mass is 617 g/mol. The second-order valence-electron chi connectivity index (χ2n) is 12.9. The molecule has 3 aromatic rings. The third-order valence-electron chi connectivity index (χ3n) is 9.43. The molecule has 2 N–H and O–H groups in total. The molecule has 0 bridgehead atoms. The van der Waals surface area contributed by atoms with E-state index in [-0.39, 0.29) is 5.41 Å². The zero-order valence-electron chi connectivity index (χ0n) is 25.4. The van der Waals surface area contributed by atoms with Gasteiger partial charge in [0, 0.05) is 68.0 Å². The molecule has 9 heteroatoms. The summed E-state index contributed by atoms with van der Waals surface area (Å²) < 4.78 is 0. The molecule has 2 atom stereocenters. The molecule has 3 fully saturated rings. The predicted molar refractivity (Wildman–Crippen MR) is 184 cm³/mol. The van der Waals surface area contributed by atoms with Crippen LogP contribution in [-0.2, 0) is 5.41 Å². The third kappa shape index (κ3) is 7.18. The molecule has 1 aliphatic carbocycles. The number of nitrogens with zero attached hydrogens (tertiary/aromatic N) is 5. The van der Waals surface area contributed by atoms with Crippen molar-refractivity contribution in [3.63, 3.8) is 0 Å². The maximum atomic E-state index is 6.38. The van der Waals surface area contributed by atoms with Crippen molar-refractivity contribution in [1.29, 1.82) is 0 Å². The summed E-state index contributed by atoms with van der Waals surface area (Å²) in [7, 11) is 0. The van der Waals surface area contributed by atoms with E-state index in [1.807, 2.05) is 6.07 Å².